The number of aromatic amines is 1. The van der Waals surface area contributed by atoms with E-state index in [1.165, 1.54) is 0 Å². The molecule has 146 valence electrons. The molecule has 0 amide bonds. The summed E-state index contributed by atoms with van der Waals surface area (Å²) in [6.07, 6.45) is 1.22. The standard InChI is InChI=1S/C20H21N3O5/c1-5-15-23-18-14(27-15)7-6-12-17(18)16-11(9-25-4)19(21-8-13(16)22-12)28-20(24)26-10(2)3/h6-8,10,22H,5,9H2,1-4H3. The van der Waals surface area contributed by atoms with Crippen LogP contribution in [0.3, 0.4) is 0 Å². The fourth-order valence-electron chi connectivity index (χ4n) is 3.27. The monoisotopic (exact) mass is 383 g/mol. The van der Waals surface area contributed by atoms with Crippen LogP contribution in [-0.2, 0) is 22.5 Å². The molecule has 0 aliphatic heterocycles. The van der Waals surface area contributed by atoms with Crippen LogP contribution in [0.25, 0.3) is 32.9 Å². The Hall–Kier alpha value is -3.13. The van der Waals surface area contributed by atoms with Crippen molar-refractivity contribution < 1.29 is 23.4 Å². The second kappa shape index (κ2) is 7.12. The number of H-pyrrole nitrogens is 1. The summed E-state index contributed by atoms with van der Waals surface area (Å²) in [6.45, 7) is 5.70. The van der Waals surface area contributed by atoms with Crippen LogP contribution in [-0.4, -0.2) is 34.3 Å². The Bertz CT molecular complexity index is 1180. The molecule has 4 rings (SSSR count). The smallest absolute Gasteiger partial charge is 0.441 e. The third kappa shape index (κ3) is 3.05. The van der Waals surface area contributed by atoms with Crippen LogP contribution in [0.5, 0.6) is 5.88 Å². The average molecular weight is 383 g/mol. The van der Waals surface area contributed by atoms with Gasteiger partial charge in [-0.15, -0.1) is 0 Å². The molecule has 4 aromatic rings. The lowest BCUT2D eigenvalue weighted by atomic mass is 10.1. The number of nitrogens with zero attached hydrogens (tertiary/aromatic N) is 2. The molecule has 1 aromatic carbocycles. The topological polar surface area (TPSA) is 99.5 Å². The van der Waals surface area contributed by atoms with Gasteiger partial charge in [-0.25, -0.2) is 14.8 Å². The molecule has 8 nitrogen and oxygen atoms in total. The SMILES string of the molecule is CCc1nc2c(ccc3[nH]c4cnc(OC(=O)OC(C)C)c(COC)c4c32)o1. The van der Waals surface area contributed by atoms with Gasteiger partial charge in [-0.05, 0) is 26.0 Å². The highest BCUT2D eigenvalue weighted by atomic mass is 16.7. The molecule has 0 radical (unpaired) electrons. The zero-order valence-electron chi connectivity index (χ0n) is 16.2. The maximum Gasteiger partial charge on any atom is 0.515 e. The summed E-state index contributed by atoms with van der Waals surface area (Å²) in [6, 6.07) is 3.83. The van der Waals surface area contributed by atoms with Crippen LogP contribution in [0.4, 0.5) is 4.79 Å². The summed E-state index contributed by atoms with van der Waals surface area (Å²) in [7, 11) is 1.57. The van der Waals surface area contributed by atoms with Gasteiger partial charge in [0.25, 0.3) is 0 Å². The summed E-state index contributed by atoms with van der Waals surface area (Å²) in [4.78, 5) is 24.3. The van der Waals surface area contributed by atoms with Gasteiger partial charge in [-0.2, -0.15) is 0 Å². The Morgan fingerprint density at radius 1 is 1.25 bits per heavy atom. The number of nitrogens with one attached hydrogen (secondary N) is 1. The molecule has 1 N–H and O–H groups in total. The van der Waals surface area contributed by atoms with E-state index in [0.717, 1.165) is 27.3 Å². The van der Waals surface area contributed by atoms with Gasteiger partial charge in [0.05, 0.1) is 30.0 Å². The van der Waals surface area contributed by atoms with Crippen molar-refractivity contribution in [1.29, 1.82) is 0 Å². The minimum atomic E-state index is -0.807. The second-order valence-electron chi connectivity index (χ2n) is 6.70. The summed E-state index contributed by atoms with van der Waals surface area (Å²) in [5.41, 5.74) is 3.77. The van der Waals surface area contributed by atoms with E-state index in [1.54, 1.807) is 27.2 Å². The van der Waals surface area contributed by atoms with E-state index in [4.69, 9.17) is 18.6 Å². The fraction of sp³-hybridized carbons (Fsp3) is 0.350. The first kappa shape index (κ1) is 18.2. The van der Waals surface area contributed by atoms with Gasteiger partial charge in [0.1, 0.15) is 5.52 Å². The Labute approximate surface area is 160 Å². The highest BCUT2D eigenvalue weighted by molar-refractivity contribution is 6.19. The van der Waals surface area contributed by atoms with E-state index in [1.807, 2.05) is 19.1 Å². The summed E-state index contributed by atoms with van der Waals surface area (Å²) < 4.78 is 21.6. The minimum absolute atomic E-state index is 0.150. The maximum absolute atomic E-state index is 12.0. The van der Waals surface area contributed by atoms with Crippen LogP contribution in [0, 0.1) is 0 Å². The van der Waals surface area contributed by atoms with Crippen molar-refractivity contribution in [3.63, 3.8) is 0 Å². The van der Waals surface area contributed by atoms with Crippen LogP contribution < -0.4 is 4.74 Å². The van der Waals surface area contributed by atoms with Crippen LogP contribution in [0.15, 0.2) is 22.7 Å². The van der Waals surface area contributed by atoms with E-state index in [0.29, 0.717) is 23.5 Å². The summed E-state index contributed by atoms with van der Waals surface area (Å²) in [5.74, 6) is 0.813. The number of carbonyl (C=O) groups is 1. The quantitative estimate of drug-likeness (QED) is 0.507. The van der Waals surface area contributed by atoms with Gasteiger partial charge in [0.2, 0.25) is 5.88 Å². The molecule has 0 aliphatic carbocycles. The number of aromatic nitrogens is 3. The number of oxazole rings is 1. The number of aryl methyl sites for hydroxylation is 1. The third-order valence-electron chi connectivity index (χ3n) is 4.37. The lowest BCUT2D eigenvalue weighted by Gasteiger charge is -2.11. The molecule has 0 unspecified atom stereocenters. The molecule has 0 aliphatic rings. The molecule has 0 atom stereocenters. The van der Waals surface area contributed by atoms with E-state index < -0.39 is 6.16 Å². The van der Waals surface area contributed by atoms with Gasteiger partial charge < -0.3 is 23.6 Å². The highest BCUT2D eigenvalue weighted by Crippen LogP contribution is 2.37. The number of benzene rings is 1. The van der Waals surface area contributed by atoms with E-state index >= 15 is 0 Å². The second-order valence-corrected chi connectivity index (χ2v) is 6.70. The molecule has 8 heteroatoms. The average Bonchev–Trinajstić information content (AvgIpc) is 3.23. The molecule has 0 fully saturated rings. The van der Waals surface area contributed by atoms with Crippen LogP contribution in [0.1, 0.15) is 32.2 Å². The van der Waals surface area contributed by atoms with Crippen molar-refractivity contribution >= 4 is 39.1 Å². The largest absolute Gasteiger partial charge is 0.515 e. The summed E-state index contributed by atoms with van der Waals surface area (Å²) in [5, 5.41) is 1.72. The molecule has 0 bridgehead atoms. The van der Waals surface area contributed by atoms with Crippen molar-refractivity contribution in [2.24, 2.45) is 0 Å². The number of rotatable bonds is 5. The van der Waals surface area contributed by atoms with E-state index in [9.17, 15) is 4.79 Å². The normalized spacial score (nSPS) is 11.8. The Kier molecular flexibility index (Phi) is 4.64. The van der Waals surface area contributed by atoms with E-state index in [-0.39, 0.29) is 18.6 Å². The van der Waals surface area contributed by atoms with Crippen molar-refractivity contribution in [2.45, 2.75) is 39.9 Å². The number of carbonyl (C=O) groups excluding carboxylic acids is 1. The van der Waals surface area contributed by atoms with Crippen LogP contribution >= 0.6 is 0 Å². The summed E-state index contributed by atoms with van der Waals surface area (Å²) >= 11 is 0. The van der Waals surface area contributed by atoms with Gasteiger partial charge in [0.15, 0.2) is 11.5 Å². The minimum Gasteiger partial charge on any atom is -0.441 e. The number of methoxy groups -OCH3 is 1. The Morgan fingerprint density at radius 3 is 2.79 bits per heavy atom. The van der Waals surface area contributed by atoms with Gasteiger partial charge >= 0.3 is 6.16 Å². The molecular weight excluding hydrogens is 362 g/mol. The predicted molar refractivity (Wildman–Crippen MR) is 104 cm³/mol. The molecular formula is C20H21N3O5. The molecule has 0 spiro atoms. The Balaban J connectivity index is 1.97. The lowest BCUT2D eigenvalue weighted by molar-refractivity contribution is 0.0705. The number of fused-ring (bicyclic) bond motifs is 5. The van der Waals surface area contributed by atoms with Crippen molar-refractivity contribution in [3.8, 4) is 5.88 Å². The fourth-order valence-corrected chi connectivity index (χ4v) is 3.27. The first-order valence-corrected chi connectivity index (χ1v) is 9.10. The molecule has 3 aromatic heterocycles. The van der Waals surface area contributed by atoms with Crippen molar-refractivity contribution in [1.82, 2.24) is 15.0 Å². The van der Waals surface area contributed by atoms with Crippen molar-refractivity contribution in [3.05, 3.63) is 29.8 Å². The van der Waals surface area contributed by atoms with Crippen LogP contribution in [0.2, 0.25) is 0 Å². The molecule has 28 heavy (non-hydrogen) atoms. The lowest BCUT2D eigenvalue weighted by Crippen LogP contribution is -2.17. The number of pyridine rings is 1. The first-order valence-electron chi connectivity index (χ1n) is 9.10. The number of hydrogen-bond acceptors (Lipinski definition) is 7. The third-order valence-corrected chi connectivity index (χ3v) is 4.37. The van der Waals surface area contributed by atoms with Gasteiger partial charge in [0, 0.05) is 29.8 Å². The van der Waals surface area contributed by atoms with Gasteiger partial charge in [-0.1, -0.05) is 6.92 Å². The highest BCUT2D eigenvalue weighted by Gasteiger charge is 2.21. The number of hydrogen-bond donors (Lipinski definition) is 1. The van der Waals surface area contributed by atoms with Crippen molar-refractivity contribution in [2.75, 3.05) is 7.11 Å². The molecule has 3 heterocycles. The first-order chi connectivity index (χ1) is 13.5. The number of ether oxygens (including phenoxy) is 3. The van der Waals surface area contributed by atoms with Gasteiger partial charge in [-0.3, -0.25) is 0 Å². The Morgan fingerprint density at radius 2 is 2.07 bits per heavy atom. The molecule has 0 saturated carbocycles. The maximum atomic E-state index is 12.0. The van der Waals surface area contributed by atoms with E-state index in [2.05, 4.69) is 15.0 Å². The molecule has 0 saturated heterocycles. The zero-order chi connectivity index (χ0) is 19.8. The zero-order valence-corrected chi connectivity index (χ0v) is 16.2. The predicted octanol–water partition coefficient (Wildman–Crippen LogP) is 4.49.